The summed E-state index contributed by atoms with van der Waals surface area (Å²) >= 11 is 0. The fraction of sp³-hybridized carbons (Fsp3) is 0.444. The van der Waals surface area contributed by atoms with Crippen LogP contribution < -0.4 is 15.8 Å². The van der Waals surface area contributed by atoms with Gasteiger partial charge < -0.3 is 15.1 Å². The molecular weight excluding hydrogens is 586 g/mol. The van der Waals surface area contributed by atoms with Gasteiger partial charge in [0.2, 0.25) is 5.95 Å². The van der Waals surface area contributed by atoms with Gasteiger partial charge in [0, 0.05) is 47.2 Å². The number of rotatable bonds is 5. The molecule has 2 saturated heterocycles. The van der Waals surface area contributed by atoms with Gasteiger partial charge in [-0.25, -0.2) is 13.8 Å². The van der Waals surface area contributed by atoms with Crippen molar-refractivity contribution in [3.8, 4) is 16.9 Å². The van der Waals surface area contributed by atoms with Crippen LogP contribution in [-0.4, -0.2) is 63.1 Å². The molecule has 4 aromatic rings. The van der Waals surface area contributed by atoms with E-state index < -0.39 is 28.4 Å². The zero-order valence-corrected chi connectivity index (χ0v) is 27.2. The maximum absolute atomic E-state index is 15.2. The van der Waals surface area contributed by atoms with Crippen LogP contribution in [0.5, 0.6) is 0 Å². The zero-order chi connectivity index (χ0) is 32.7. The van der Waals surface area contributed by atoms with Crippen LogP contribution in [0.25, 0.3) is 28.0 Å². The predicted molar refractivity (Wildman–Crippen MR) is 178 cm³/mol. The number of fused-ring (bicyclic) bond motifs is 1. The summed E-state index contributed by atoms with van der Waals surface area (Å²) in [6.45, 7) is 13.6. The molecule has 2 fully saturated rings. The van der Waals surface area contributed by atoms with Gasteiger partial charge in [0.15, 0.2) is 5.65 Å². The van der Waals surface area contributed by atoms with Crippen LogP contribution in [0.2, 0.25) is 0 Å². The summed E-state index contributed by atoms with van der Waals surface area (Å²) in [6, 6.07) is 12.3. The summed E-state index contributed by atoms with van der Waals surface area (Å²) in [5.74, 6) is -0.825. The number of hydrogen-bond acceptors (Lipinski definition) is 6. The Kier molecular flexibility index (Phi) is 8.67. The first-order valence-corrected chi connectivity index (χ1v) is 16.2. The second-order valence-electron chi connectivity index (χ2n) is 13.9. The minimum atomic E-state index is -0.870. The number of anilines is 1. The molecule has 2 aromatic heterocycles. The van der Waals surface area contributed by atoms with Gasteiger partial charge in [-0.1, -0.05) is 19.1 Å². The molecule has 4 heterocycles. The Balaban J connectivity index is 1.49. The standard InChI is InChI=1S/C36H42F2N6O2/c1-22-13-17-42(18-14-22)25-15-19-43(20-16-25)35-39-31(27-21-24(10-9-23(27)2)34(46)41-36(3,4)5)26-11-12-30(45)44(33(26)40-35)32-28(37)7-6-8-29(32)38/h6-12,21-22,25H,13-20H2,1-5H3,(H,41,46). The number of pyridine rings is 1. The van der Waals surface area contributed by atoms with Gasteiger partial charge in [-0.3, -0.25) is 14.2 Å². The molecule has 8 nitrogen and oxygen atoms in total. The Morgan fingerprint density at radius 1 is 0.913 bits per heavy atom. The van der Waals surface area contributed by atoms with Crippen LogP contribution in [0.3, 0.4) is 0 Å². The lowest BCUT2D eigenvalue weighted by Crippen LogP contribution is -2.48. The van der Waals surface area contributed by atoms with Crippen molar-refractivity contribution in [2.75, 3.05) is 31.1 Å². The van der Waals surface area contributed by atoms with Crippen molar-refractivity contribution < 1.29 is 13.6 Å². The molecule has 0 bridgehead atoms. The van der Waals surface area contributed by atoms with Crippen LogP contribution in [0, 0.1) is 24.5 Å². The van der Waals surface area contributed by atoms with Gasteiger partial charge in [0.05, 0.1) is 5.69 Å². The average Bonchev–Trinajstić information content (AvgIpc) is 3.01. The molecule has 1 amide bonds. The molecular formula is C36H42F2N6O2. The highest BCUT2D eigenvalue weighted by Crippen LogP contribution is 2.34. The molecule has 10 heteroatoms. The molecule has 0 unspecified atom stereocenters. The lowest BCUT2D eigenvalue weighted by atomic mass is 9.95. The van der Waals surface area contributed by atoms with E-state index in [9.17, 15) is 9.59 Å². The maximum Gasteiger partial charge on any atom is 0.256 e. The topological polar surface area (TPSA) is 83.4 Å². The third kappa shape index (κ3) is 6.40. The molecule has 0 radical (unpaired) electrons. The third-order valence-corrected chi connectivity index (χ3v) is 9.23. The smallest absolute Gasteiger partial charge is 0.256 e. The number of hydrogen-bond donors (Lipinski definition) is 1. The van der Waals surface area contributed by atoms with E-state index in [1.807, 2.05) is 33.8 Å². The van der Waals surface area contributed by atoms with Gasteiger partial charge in [0.1, 0.15) is 17.3 Å². The van der Waals surface area contributed by atoms with Crippen molar-refractivity contribution in [3.63, 3.8) is 0 Å². The van der Waals surface area contributed by atoms with E-state index in [1.165, 1.54) is 25.0 Å². The number of carbonyl (C=O) groups excluding carboxylic acids is 1. The third-order valence-electron chi connectivity index (χ3n) is 9.23. The van der Waals surface area contributed by atoms with Gasteiger partial charge >= 0.3 is 0 Å². The molecule has 46 heavy (non-hydrogen) atoms. The molecule has 0 spiro atoms. The van der Waals surface area contributed by atoms with Crippen LogP contribution in [0.15, 0.2) is 53.3 Å². The minimum Gasteiger partial charge on any atom is -0.347 e. The highest BCUT2D eigenvalue weighted by atomic mass is 19.1. The number of benzene rings is 2. The molecule has 0 atom stereocenters. The van der Waals surface area contributed by atoms with E-state index in [2.05, 4.69) is 22.0 Å². The quantitative estimate of drug-likeness (QED) is 0.281. The van der Waals surface area contributed by atoms with E-state index in [1.54, 1.807) is 18.2 Å². The van der Waals surface area contributed by atoms with Crippen LogP contribution in [0.4, 0.5) is 14.7 Å². The fourth-order valence-corrected chi connectivity index (χ4v) is 6.62. The molecule has 2 aliphatic heterocycles. The van der Waals surface area contributed by atoms with E-state index in [4.69, 9.17) is 9.97 Å². The van der Waals surface area contributed by atoms with Crippen molar-refractivity contribution >= 4 is 22.9 Å². The SMILES string of the molecule is Cc1ccc(C(=O)NC(C)(C)C)cc1-c1nc(N2CCC(N3CCC(C)CC3)CC2)nc2c1ccc(=O)n2-c1c(F)cccc1F. The number of para-hydroxylation sites is 1. The predicted octanol–water partition coefficient (Wildman–Crippen LogP) is 6.26. The summed E-state index contributed by atoms with van der Waals surface area (Å²) in [7, 11) is 0. The number of piperidine rings is 2. The zero-order valence-electron chi connectivity index (χ0n) is 27.2. The van der Waals surface area contributed by atoms with Crippen LogP contribution in [-0.2, 0) is 0 Å². The van der Waals surface area contributed by atoms with E-state index in [0.717, 1.165) is 54.1 Å². The number of aryl methyl sites for hydroxylation is 1. The second-order valence-corrected chi connectivity index (χ2v) is 13.9. The Bertz CT molecular complexity index is 1810. The number of nitrogens with one attached hydrogen (secondary N) is 1. The average molecular weight is 629 g/mol. The normalized spacial score (nSPS) is 17.1. The summed E-state index contributed by atoms with van der Waals surface area (Å²) < 4.78 is 31.4. The van der Waals surface area contributed by atoms with Crippen molar-refractivity contribution in [3.05, 3.63) is 81.6 Å². The number of likely N-dealkylation sites (tertiary alicyclic amines) is 1. The fourth-order valence-electron chi connectivity index (χ4n) is 6.62. The van der Waals surface area contributed by atoms with Gasteiger partial charge in [-0.05, 0) is 108 Å². The number of aromatic nitrogens is 3. The monoisotopic (exact) mass is 628 g/mol. The van der Waals surface area contributed by atoms with Crippen LogP contribution in [0.1, 0.15) is 69.3 Å². The van der Waals surface area contributed by atoms with Crippen LogP contribution >= 0.6 is 0 Å². The summed E-state index contributed by atoms with van der Waals surface area (Å²) in [6.07, 6.45) is 4.31. The molecule has 2 aromatic carbocycles. The molecule has 2 aliphatic rings. The lowest BCUT2D eigenvalue weighted by molar-refractivity contribution is 0.0919. The van der Waals surface area contributed by atoms with E-state index >= 15 is 8.78 Å². The summed E-state index contributed by atoms with van der Waals surface area (Å²) in [5.41, 5.74) is 1.04. The maximum atomic E-state index is 15.2. The highest BCUT2D eigenvalue weighted by Gasteiger charge is 2.29. The summed E-state index contributed by atoms with van der Waals surface area (Å²) in [4.78, 5) is 41.1. The lowest BCUT2D eigenvalue weighted by Gasteiger charge is -2.41. The summed E-state index contributed by atoms with van der Waals surface area (Å²) in [5, 5.41) is 3.45. The van der Waals surface area contributed by atoms with E-state index in [0.29, 0.717) is 47.3 Å². The Labute approximate surface area is 268 Å². The van der Waals surface area contributed by atoms with Gasteiger partial charge in [-0.15, -0.1) is 0 Å². The van der Waals surface area contributed by atoms with Crippen molar-refractivity contribution in [1.82, 2.24) is 24.8 Å². The molecule has 6 rings (SSSR count). The molecule has 0 saturated carbocycles. The highest BCUT2D eigenvalue weighted by molar-refractivity contribution is 5.98. The van der Waals surface area contributed by atoms with Gasteiger partial charge in [0.25, 0.3) is 11.5 Å². The Morgan fingerprint density at radius 2 is 1.59 bits per heavy atom. The first-order chi connectivity index (χ1) is 21.9. The first kappa shape index (κ1) is 31.8. The van der Waals surface area contributed by atoms with Gasteiger partial charge in [-0.2, -0.15) is 4.98 Å². The van der Waals surface area contributed by atoms with Crippen molar-refractivity contribution in [2.24, 2.45) is 5.92 Å². The number of nitrogens with zero attached hydrogens (tertiary/aromatic N) is 5. The molecule has 1 N–H and O–H groups in total. The number of carbonyl (C=O) groups is 1. The Hall–Kier alpha value is -4.18. The van der Waals surface area contributed by atoms with E-state index in [-0.39, 0.29) is 11.6 Å². The second kappa shape index (κ2) is 12.5. The number of halogens is 2. The first-order valence-electron chi connectivity index (χ1n) is 16.2. The molecule has 0 aliphatic carbocycles. The van der Waals surface area contributed by atoms with Crippen molar-refractivity contribution in [1.29, 1.82) is 0 Å². The minimum absolute atomic E-state index is 0.104. The Morgan fingerprint density at radius 3 is 2.24 bits per heavy atom. The van der Waals surface area contributed by atoms with Crippen molar-refractivity contribution in [2.45, 2.75) is 71.9 Å². The number of amides is 1. The largest absolute Gasteiger partial charge is 0.347 e. The molecule has 242 valence electrons.